The molecule has 1 aromatic heterocycles. The number of aromatic nitrogens is 5. The van der Waals surface area contributed by atoms with Crippen LogP contribution in [0.25, 0.3) is 17.1 Å². The molecule has 9 nitrogen and oxygen atoms in total. The number of benzene rings is 2. The molecule has 5 rings (SSSR count). The van der Waals surface area contributed by atoms with Gasteiger partial charge in [0.15, 0.2) is 5.82 Å². The normalized spacial score (nSPS) is 11.1. The van der Waals surface area contributed by atoms with Gasteiger partial charge in [0.2, 0.25) is 0 Å². The molecule has 0 fully saturated rings. The van der Waals surface area contributed by atoms with Gasteiger partial charge in [-0.2, -0.15) is 4.98 Å². The zero-order chi connectivity index (χ0) is 27.5. The summed E-state index contributed by atoms with van der Waals surface area (Å²) in [6, 6.07) is 15.5. The molecule has 12 heteroatoms. The average molecular weight is 583 g/mol. The van der Waals surface area contributed by atoms with Crippen molar-refractivity contribution in [2.45, 2.75) is 26.3 Å². The number of anilines is 1. The van der Waals surface area contributed by atoms with Crippen molar-refractivity contribution < 1.29 is 4.79 Å². The fourth-order valence-electron chi connectivity index (χ4n) is 4.12. The number of fused-ring (bicyclic) bond motifs is 1. The van der Waals surface area contributed by atoms with Gasteiger partial charge in [-0.25, -0.2) is 14.5 Å². The quantitative estimate of drug-likeness (QED) is 0.221. The Morgan fingerprint density at radius 3 is 2.44 bits per heavy atom. The highest BCUT2D eigenvalue weighted by molar-refractivity contribution is 6.40. The van der Waals surface area contributed by atoms with E-state index in [1.54, 1.807) is 35.1 Å². The molecule has 0 aliphatic carbocycles. The molecule has 0 saturated heterocycles. The Balaban J connectivity index is 1.37. The van der Waals surface area contributed by atoms with Gasteiger partial charge >= 0.3 is 6.03 Å². The van der Waals surface area contributed by atoms with E-state index in [1.807, 2.05) is 37.3 Å². The van der Waals surface area contributed by atoms with Crippen LogP contribution in [-0.2, 0) is 19.4 Å². The predicted molar refractivity (Wildman–Crippen MR) is 152 cm³/mol. The maximum absolute atomic E-state index is 13.0. The summed E-state index contributed by atoms with van der Waals surface area (Å²) in [4.78, 5) is 38.4. The lowest BCUT2D eigenvalue weighted by Gasteiger charge is -2.12. The van der Waals surface area contributed by atoms with Crippen LogP contribution in [0.5, 0.6) is 0 Å². The van der Waals surface area contributed by atoms with Gasteiger partial charge in [0, 0.05) is 29.0 Å². The largest absolute Gasteiger partial charge is 0.332 e. The summed E-state index contributed by atoms with van der Waals surface area (Å²) >= 11 is 19.0. The van der Waals surface area contributed by atoms with Gasteiger partial charge in [-0.15, -0.1) is 0 Å². The Morgan fingerprint density at radius 1 is 1.03 bits per heavy atom. The summed E-state index contributed by atoms with van der Waals surface area (Å²) in [7, 11) is 0. The molecular formula is C27H22Cl3N7O2. The Kier molecular flexibility index (Phi) is 7.83. The molecule has 3 N–H and O–H groups in total. The number of hydrogen-bond donors (Lipinski definition) is 3. The van der Waals surface area contributed by atoms with Crippen molar-refractivity contribution in [2.75, 3.05) is 5.32 Å². The summed E-state index contributed by atoms with van der Waals surface area (Å²) in [5, 5.41) is 9.74. The van der Waals surface area contributed by atoms with Crippen LogP contribution in [-0.4, -0.2) is 30.8 Å². The number of H-pyrrole nitrogens is 1. The van der Waals surface area contributed by atoms with Crippen LogP contribution in [0, 0.1) is 0 Å². The lowest BCUT2D eigenvalue weighted by atomic mass is 10.1. The second-order valence-electron chi connectivity index (χ2n) is 8.64. The first-order chi connectivity index (χ1) is 18.8. The van der Waals surface area contributed by atoms with Gasteiger partial charge in [0.05, 0.1) is 22.3 Å². The summed E-state index contributed by atoms with van der Waals surface area (Å²) in [5.74, 6) is 0.703. The molecule has 2 aliphatic rings. The molecule has 0 atom stereocenters. The van der Waals surface area contributed by atoms with Crippen molar-refractivity contribution in [3.8, 4) is 17.1 Å². The molecule has 0 spiro atoms. The smallest absolute Gasteiger partial charge is 0.319 e. The molecule has 3 heterocycles. The summed E-state index contributed by atoms with van der Waals surface area (Å²) in [6.07, 6.45) is 2.52. The fraction of sp³-hybridized carbons (Fsp3) is 0.148. The minimum atomic E-state index is -0.397. The zero-order valence-corrected chi connectivity index (χ0v) is 22.9. The Hall–Kier alpha value is -3.92. The first-order valence-corrected chi connectivity index (χ1v) is 13.1. The molecule has 2 aromatic carbocycles. The lowest BCUT2D eigenvalue weighted by Crippen LogP contribution is -2.28. The van der Waals surface area contributed by atoms with E-state index >= 15 is 0 Å². The number of carbonyl (C=O) groups excluding carboxylic acids is 1. The maximum Gasteiger partial charge on any atom is 0.319 e. The standard InChI is InChI=1S/C27H22Cl3N7O2/c1-2-21-23-25(37(36-21)24-19(29)12-16(28)13-20(24)30)34-22(35-26(23)38)11-15-6-8-17(9-7-15)33-27(39)32-14-18-5-3-4-10-31-18/h3-10,12-13,36H,2,11,14H2,1H3,(H2,32,33,39). The van der Waals surface area contributed by atoms with E-state index in [-0.39, 0.29) is 6.03 Å². The molecule has 2 aliphatic heterocycles. The Bertz CT molecular complexity index is 1640. The van der Waals surface area contributed by atoms with Crippen LogP contribution in [0.3, 0.4) is 0 Å². The van der Waals surface area contributed by atoms with E-state index in [4.69, 9.17) is 34.8 Å². The van der Waals surface area contributed by atoms with Crippen molar-refractivity contribution in [1.82, 2.24) is 30.0 Å². The molecule has 39 heavy (non-hydrogen) atoms. The van der Waals surface area contributed by atoms with Crippen LogP contribution in [0.2, 0.25) is 15.1 Å². The highest BCUT2D eigenvalue weighted by Crippen LogP contribution is 2.35. The monoisotopic (exact) mass is 581 g/mol. The van der Waals surface area contributed by atoms with Gasteiger partial charge in [-0.1, -0.05) is 59.9 Å². The van der Waals surface area contributed by atoms with Crippen molar-refractivity contribution in [1.29, 1.82) is 0 Å². The Labute approximate surface area is 238 Å². The molecule has 0 unspecified atom stereocenters. The number of halogens is 3. The summed E-state index contributed by atoms with van der Waals surface area (Å²) < 4.78 is 1.60. The maximum atomic E-state index is 13.0. The minimum Gasteiger partial charge on any atom is -0.332 e. The number of pyridine rings is 1. The number of rotatable bonds is 7. The number of aryl methyl sites for hydroxylation is 1. The number of amides is 2. The van der Waals surface area contributed by atoms with E-state index < -0.39 is 5.56 Å². The van der Waals surface area contributed by atoms with Crippen molar-refractivity contribution >= 4 is 46.5 Å². The first kappa shape index (κ1) is 26.7. The number of carbonyl (C=O) groups is 1. The third-order valence-electron chi connectivity index (χ3n) is 5.95. The second-order valence-corrected chi connectivity index (χ2v) is 9.89. The molecule has 0 saturated carbocycles. The van der Waals surface area contributed by atoms with Crippen LogP contribution in [0.1, 0.15) is 29.7 Å². The van der Waals surface area contributed by atoms with Crippen molar-refractivity contribution in [2.24, 2.45) is 0 Å². The summed E-state index contributed by atoms with van der Waals surface area (Å²) in [5.41, 5.74) is 3.31. The summed E-state index contributed by atoms with van der Waals surface area (Å²) in [6.45, 7) is 2.23. The third kappa shape index (κ3) is 5.90. The highest BCUT2D eigenvalue weighted by atomic mass is 35.5. The van der Waals surface area contributed by atoms with E-state index in [2.05, 4.69) is 30.7 Å². The minimum absolute atomic E-state index is 0.298. The molecule has 0 bridgehead atoms. The van der Waals surface area contributed by atoms with Crippen LogP contribution < -0.4 is 16.2 Å². The molecule has 3 aromatic rings. The zero-order valence-electron chi connectivity index (χ0n) is 20.6. The topological polar surface area (TPSA) is 118 Å². The number of nitrogens with zero attached hydrogens (tertiary/aromatic N) is 4. The molecule has 198 valence electrons. The first-order valence-electron chi connectivity index (χ1n) is 12.0. The van der Waals surface area contributed by atoms with E-state index in [0.29, 0.717) is 68.7 Å². The lowest BCUT2D eigenvalue weighted by molar-refractivity contribution is 0.251. The fourth-order valence-corrected chi connectivity index (χ4v) is 5.11. The Morgan fingerprint density at radius 2 is 1.77 bits per heavy atom. The van der Waals surface area contributed by atoms with Gasteiger partial charge in [-0.05, 0) is 48.4 Å². The van der Waals surface area contributed by atoms with Crippen LogP contribution in [0.15, 0.2) is 65.6 Å². The SMILES string of the molecule is CCc1[nH]n(-c2c(Cl)cc(Cl)cc2Cl)c2nc(Cc3ccc(NC(=O)NCc4ccccn4)cc3)nc(=O)c1-2. The number of nitrogens with one attached hydrogen (secondary N) is 3. The molecule has 0 radical (unpaired) electrons. The predicted octanol–water partition coefficient (Wildman–Crippen LogP) is 5.89. The second kappa shape index (κ2) is 11.4. The third-order valence-corrected chi connectivity index (χ3v) is 6.75. The number of hydrogen-bond acceptors (Lipinski definition) is 5. The highest BCUT2D eigenvalue weighted by Gasteiger charge is 2.25. The van der Waals surface area contributed by atoms with E-state index in [1.165, 1.54) is 0 Å². The van der Waals surface area contributed by atoms with E-state index in [9.17, 15) is 9.59 Å². The van der Waals surface area contributed by atoms with Gasteiger partial charge in [0.25, 0.3) is 5.56 Å². The van der Waals surface area contributed by atoms with Crippen molar-refractivity contribution in [3.63, 3.8) is 0 Å². The van der Waals surface area contributed by atoms with Gasteiger partial charge in [0.1, 0.15) is 17.1 Å². The van der Waals surface area contributed by atoms with Crippen LogP contribution in [0.4, 0.5) is 10.5 Å². The molecule has 2 amide bonds. The molecular weight excluding hydrogens is 561 g/mol. The average Bonchev–Trinajstić information content (AvgIpc) is 3.27. The van der Waals surface area contributed by atoms with Crippen molar-refractivity contribution in [3.05, 3.63) is 109 Å². The van der Waals surface area contributed by atoms with Crippen LogP contribution >= 0.6 is 34.8 Å². The van der Waals surface area contributed by atoms with Gasteiger partial charge < -0.3 is 10.6 Å². The number of aromatic amines is 1. The van der Waals surface area contributed by atoms with Gasteiger partial charge in [-0.3, -0.25) is 14.9 Å². The van der Waals surface area contributed by atoms with E-state index in [0.717, 1.165) is 11.3 Å². The number of urea groups is 1.